The predicted molar refractivity (Wildman–Crippen MR) is 231 cm³/mol. The number of nitrogens with one attached hydrogen (secondary N) is 1. The van der Waals surface area contributed by atoms with Gasteiger partial charge in [0.25, 0.3) is 11.4 Å². The Morgan fingerprint density at radius 2 is 1.00 bits per heavy atom. The highest BCUT2D eigenvalue weighted by Gasteiger charge is 2.21. The van der Waals surface area contributed by atoms with E-state index in [4.69, 9.17) is 16.1 Å². The SMILES string of the molecule is C.CC#N.CCN1CCN(c2ccc(N)cc2F)CC1.CCN1CCN(c2ccc([N+](=O)[O-])cc2F)CC1.CCN1CCNCC1.CCO.O=[N+]([O-])c1ccc(F)c(F)c1. The van der Waals surface area contributed by atoms with E-state index in [-0.39, 0.29) is 25.5 Å². The average molecular weight is 853 g/mol. The molecule has 0 spiro atoms. The first-order valence-electron chi connectivity index (χ1n) is 19.6. The maximum Gasteiger partial charge on any atom is 0.272 e. The van der Waals surface area contributed by atoms with Gasteiger partial charge in [-0.1, -0.05) is 28.2 Å². The van der Waals surface area contributed by atoms with E-state index in [0.29, 0.717) is 29.2 Å². The molecule has 15 nitrogen and oxygen atoms in total. The number of likely N-dealkylation sites (N-methyl/N-ethyl adjacent to an activating group) is 3. The van der Waals surface area contributed by atoms with E-state index in [0.717, 1.165) is 77.6 Å². The van der Waals surface area contributed by atoms with E-state index < -0.39 is 33.0 Å². The van der Waals surface area contributed by atoms with Gasteiger partial charge in [0.1, 0.15) is 5.82 Å². The molecule has 4 N–H and O–H groups in total. The van der Waals surface area contributed by atoms with Gasteiger partial charge in [0.05, 0.1) is 39.4 Å². The molecule has 3 aromatic rings. The van der Waals surface area contributed by atoms with Crippen LogP contribution in [0.5, 0.6) is 0 Å². The minimum Gasteiger partial charge on any atom is -0.399 e. The number of nitrogens with two attached hydrogens (primary N) is 1. The summed E-state index contributed by atoms with van der Waals surface area (Å²) >= 11 is 0. The van der Waals surface area contributed by atoms with Gasteiger partial charge in [-0.05, 0) is 56.9 Å². The zero-order chi connectivity index (χ0) is 44.3. The Labute approximate surface area is 352 Å². The number of rotatable bonds is 7. The molecule has 0 unspecified atom stereocenters. The zero-order valence-corrected chi connectivity index (χ0v) is 34.8. The molecule has 6 rings (SSSR count). The van der Waals surface area contributed by atoms with E-state index in [1.807, 2.05) is 4.90 Å². The Kier molecular flexibility index (Phi) is 28.2. The lowest BCUT2D eigenvalue weighted by atomic mass is 10.2. The summed E-state index contributed by atoms with van der Waals surface area (Å²) in [6.45, 7) is 25.0. The Morgan fingerprint density at radius 3 is 1.33 bits per heavy atom. The molecule has 0 radical (unpaired) electrons. The Hall–Kier alpha value is -5.13. The molecular formula is C41H64F4N10O5. The van der Waals surface area contributed by atoms with Gasteiger partial charge in [0, 0.05) is 110 Å². The first-order chi connectivity index (χ1) is 28.2. The first kappa shape index (κ1) is 54.9. The Morgan fingerprint density at radius 1 is 0.650 bits per heavy atom. The summed E-state index contributed by atoms with van der Waals surface area (Å²) in [7, 11) is 0. The lowest BCUT2D eigenvalue weighted by molar-refractivity contribution is -0.385. The molecule has 336 valence electrons. The second kappa shape index (κ2) is 30.8. The van der Waals surface area contributed by atoms with Gasteiger partial charge in [-0.25, -0.2) is 17.6 Å². The molecule has 19 heteroatoms. The Balaban J connectivity index is 0.000000759. The van der Waals surface area contributed by atoms with Crippen molar-refractivity contribution in [1.82, 2.24) is 20.0 Å². The largest absolute Gasteiger partial charge is 0.399 e. The summed E-state index contributed by atoms with van der Waals surface area (Å²) in [4.78, 5) is 30.3. The molecule has 3 aromatic carbocycles. The normalized spacial score (nSPS) is 15.2. The van der Waals surface area contributed by atoms with Crippen molar-refractivity contribution >= 4 is 28.4 Å². The standard InChI is InChI=1S/C12H16FN3O2.C12H18FN3.C6H3F2NO2.C6H14N2.C2H3N.C2H6O.CH4/c1-2-14-5-7-15(8-6-14)12-4-3-10(16(17)18)9-11(12)13;1-2-15-5-7-16(8-6-15)12-4-3-10(14)9-11(12)13;7-5-2-1-4(9(10)11)3-6(5)8;1-2-8-5-3-7-4-6-8;2*1-2-3;/h3-4,9H,2,5-8H2,1H3;3-4,9H,2,5-8,14H2,1H3;1-3H;7H,2-6H2,1H3;1H3;3H,2H2,1H3;1H4. The molecule has 3 aliphatic rings. The lowest BCUT2D eigenvalue weighted by Gasteiger charge is -2.35. The predicted octanol–water partition coefficient (Wildman–Crippen LogP) is 6.37. The summed E-state index contributed by atoms with van der Waals surface area (Å²) in [5.41, 5.74) is 6.48. The number of piperazine rings is 3. The highest BCUT2D eigenvalue weighted by Crippen LogP contribution is 2.25. The number of nitro groups is 2. The van der Waals surface area contributed by atoms with E-state index in [9.17, 15) is 37.8 Å². The number of non-ortho nitro benzene ring substituents is 2. The number of hydrogen-bond donors (Lipinski definition) is 3. The molecule has 0 amide bonds. The van der Waals surface area contributed by atoms with Gasteiger partial charge in [-0.15, -0.1) is 0 Å². The highest BCUT2D eigenvalue weighted by atomic mass is 19.2. The van der Waals surface area contributed by atoms with E-state index in [1.54, 1.807) is 25.1 Å². The number of nitrogen functional groups attached to an aromatic ring is 1. The average Bonchev–Trinajstić information content (AvgIpc) is 3.23. The molecule has 3 saturated heterocycles. The van der Waals surface area contributed by atoms with Crippen molar-refractivity contribution in [3.05, 3.63) is 98.1 Å². The summed E-state index contributed by atoms with van der Waals surface area (Å²) < 4.78 is 51.9. The van der Waals surface area contributed by atoms with Crippen LogP contribution in [-0.2, 0) is 0 Å². The molecule has 0 atom stereocenters. The van der Waals surface area contributed by atoms with Crippen molar-refractivity contribution in [2.24, 2.45) is 0 Å². The van der Waals surface area contributed by atoms with Crippen LogP contribution in [0.4, 0.5) is 46.0 Å². The summed E-state index contributed by atoms with van der Waals surface area (Å²) in [6, 6.07) is 12.7. The third-order valence-corrected chi connectivity index (χ3v) is 9.21. The fourth-order valence-electron chi connectivity index (χ4n) is 5.88. The van der Waals surface area contributed by atoms with Crippen molar-refractivity contribution in [3.63, 3.8) is 0 Å². The van der Waals surface area contributed by atoms with Crippen LogP contribution in [0, 0.1) is 54.8 Å². The fraction of sp³-hybridized carbons (Fsp3) is 0.537. The number of benzene rings is 3. The zero-order valence-electron chi connectivity index (χ0n) is 34.8. The number of aliphatic hydroxyl groups excluding tert-OH is 1. The molecule has 60 heavy (non-hydrogen) atoms. The van der Waals surface area contributed by atoms with Crippen LogP contribution < -0.4 is 20.9 Å². The summed E-state index contributed by atoms with van der Waals surface area (Å²) in [5, 5.41) is 38.7. The smallest absolute Gasteiger partial charge is 0.272 e. The second-order valence-corrected chi connectivity index (χ2v) is 13.0. The summed E-state index contributed by atoms with van der Waals surface area (Å²) in [6.07, 6.45) is 0. The van der Waals surface area contributed by atoms with Crippen LogP contribution in [0.2, 0.25) is 0 Å². The number of nitrogens with zero attached hydrogens (tertiary/aromatic N) is 8. The minimum atomic E-state index is -1.21. The van der Waals surface area contributed by atoms with Gasteiger partial charge < -0.3 is 40.7 Å². The van der Waals surface area contributed by atoms with Crippen LogP contribution in [0.25, 0.3) is 0 Å². The van der Waals surface area contributed by atoms with Crippen molar-refractivity contribution in [2.75, 3.05) is 120 Å². The number of aliphatic hydroxyl groups is 1. The van der Waals surface area contributed by atoms with Crippen molar-refractivity contribution in [2.45, 2.75) is 42.0 Å². The quantitative estimate of drug-likeness (QED) is 0.103. The molecule has 0 aromatic heterocycles. The molecular weight excluding hydrogens is 789 g/mol. The third kappa shape index (κ3) is 20.2. The van der Waals surface area contributed by atoms with Gasteiger partial charge in [0.15, 0.2) is 17.5 Å². The van der Waals surface area contributed by atoms with E-state index in [1.165, 1.54) is 57.8 Å². The van der Waals surface area contributed by atoms with Crippen molar-refractivity contribution in [3.8, 4) is 6.07 Å². The second-order valence-electron chi connectivity index (χ2n) is 13.0. The van der Waals surface area contributed by atoms with E-state index in [2.05, 4.69) is 45.7 Å². The third-order valence-electron chi connectivity index (χ3n) is 9.21. The van der Waals surface area contributed by atoms with Crippen LogP contribution >= 0.6 is 0 Å². The fourth-order valence-corrected chi connectivity index (χ4v) is 5.88. The van der Waals surface area contributed by atoms with Crippen LogP contribution in [0.1, 0.15) is 42.0 Å². The van der Waals surface area contributed by atoms with Crippen molar-refractivity contribution in [1.29, 1.82) is 5.26 Å². The number of hydrogen-bond acceptors (Lipinski definition) is 13. The monoisotopic (exact) mass is 852 g/mol. The van der Waals surface area contributed by atoms with E-state index >= 15 is 0 Å². The van der Waals surface area contributed by atoms with Gasteiger partial charge in [-0.2, -0.15) is 5.26 Å². The molecule has 0 bridgehead atoms. The Bertz CT molecular complexity index is 1720. The van der Waals surface area contributed by atoms with Gasteiger partial charge >= 0.3 is 0 Å². The molecule has 0 aliphatic carbocycles. The van der Waals surface area contributed by atoms with Crippen LogP contribution in [0.15, 0.2) is 54.6 Å². The topological polar surface area (TPSA) is 185 Å². The number of nitriles is 1. The molecule has 3 heterocycles. The first-order valence-corrected chi connectivity index (χ1v) is 19.6. The highest BCUT2D eigenvalue weighted by molar-refractivity contribution is 5.55. The lowest BCUT2D eigenvalue weighted by Crippen LogP contribution is -2.46. The molecule has 3 fully saturated rings. The number of anilines is 3. The maximum absolute atomic E-state index is 13.8. The summed E-state index contributed by atoms with van der Waals surface area (Å²) in [5.74, 6) is -3.03. The van der Waals surface area contributed by atoms with Gasteiger partial charge in [-0.3, -0.25) is 20.2 Å². The molecule has 3 aliphatic heterocycles. The number of halogens is 4. The van der Waals surface area contributed by atoms with Crippen LogP contribution in [-0.4, -0.2) is 134 Å². The molecule has 0 saturated carbocycles. The van der Waals surface area contributed by atoms with Crippen molar-refractivity contribution < 1.29 is 32.5 Å². The number of nitro benzene ring substituents is 2. The maximum atomic E-state index is 13.8. The van der Waals surface area contributed by atoms with Crippen LogP contribution in [0.3, 0.4) is 0 Å². The van der Waals surface area contributed by atoms with Gasteiger partial charge in [0.2, 0.25) is 0 Å². The minimum absolute atomic E-state index is 0.